The number of nitro benzene ring substituents is 1. The van der Waals surface area contributed by atoms with Crippen LogP contribution in [-0.4, -0.2) is 29.3 Å². The Morgan fingerprint density at radius 2 is 1.58 bits per heavy atom. The zero-order chi connectivity index (χ0) is 23.8. The smallest absolute Gasteiger partial charge is 0.299 e. The van der Waals surface area contributed by atoms with Crippen molar-refractivity contribution < 1.29 is 22.9 Å². The highest BCUT2D eigenvalue weighted by atomic mass is 19.4. The molecule has 1 aliphatic heterocycles. The van der Waals surface area contributed by atoms with Gasteiger partial charge in [0.15, 0.2) is 0 Å². The van der Waals surface area contributed by atoms with Gasteiger partial charge >= 0.3 is 6.18 Å². The minimum atomic E-state index is -4.71. The largest absolute Gasteiger partial charge is 0.406 e. The van der Waals surface area contributed by atoms with Crippen molar-refractivity contribution in [3.63, 3.8) is 0 Å². The van der Waals surface area contributed by atoms with E-state index >= 15 is 0 Å². The molecule has 7 nitrogen and oxygen atoms in total. The molecule has 3 aromatic rings. The van der Waals surface area contributed by atoms with Crippen LogP contribution in [0.25, 0.3) is 0 Å². The zero-order valence-corrected chi connectivity index (χ0v) is 17.0. The molecule has 1 heterocycles. The fraction of sp³-hybridized carbons (Fsp3) is 0.130. The number of alkyl halides is 3. The van der Waals surface area contributed by atoms with Crippen molar-refractivity contribution in [2.75, 3.05) is 11.4 Å². The number of benzene rings is 3. The second kappa shape index (κ2) is 8.14. The van der Waals surface area contributed by atoms with Gasteiger partial charge in [0.05, 0.1) is 16.3 Å². The number of non-ortho nitro benzene ring substituents is 1. The first-order valence-electron chi connectivity index (χ1n) is 9.77. The number of fused-ring (bicyclic) bond motifs is 1. The number of carbonyl (C=O) groups is 1. The lowest BCUT2D eigenvalue weighted by molar-refractivity contribution is -0.384. The lowest BCUT2D eigenvalue weighted by Crippen LogP contribution is -2.53. The van der Waals surface area contributed by atoms with Crippen LogP contribution in [-0.2, 0) is 10.5 Å². The van der Waals surface area contributed by atoms with Gasteiger partial charge in [0.25, 0.3) is 11.6 Å². The molecule has 168 valence electrons. The number of nitrogens with zero attached hydrogens (tertiary/aromatic N) is 3. The first-order chi connectivity index (χ1) is 15.6. The molecule has 0 saturated heterocycles. The first kappa shape index (κ1) is 22.2. The van der Waals surface area contributed by atoms with Crippen LogP contribution < -0.4 is 10.6 Å². The van der Waals surface area contributed by atoms with Gasteiger partial charge in [-0.3, -0.25) is 25.5 Å². The van der Waals surface area contributed by atoms with Gasteiger partial charge in [-0.1, -0.05) is 48.5 Å². The number of aliphatic imine (C=N–C) groups is 1. The molecule has 0 spiro atoms. The number of rotatable bonds is 4. The van der Waals surface area contributed by atoms with Crippen LogP contribution >= 0.6 is 0 Å². The Hall–Kier alpha value is -4.05. The molecule has 1 aliphatic rings. The molecule has 0 radical (unpaired) electrons. The van der Waals surface area contributed by atoms with E-state index in [9.17, 15) is 28.1 Å². The molecule has 0 unspecified atom stereocenters. The number of carbonyl (C=O) groups excluding carboxylic acids is 1. The number of hydrogen-bond acceptors (Lipinski definition) is 5. The van der Waals surface area contributed by atoms with Gasteiger partial charge in [0.1, 0.15) is 6.54 Å². The normalized spacial score (nSPS) is 18.4. The second-order valence-electron chi connectivity index (χ2n) is 7.42. The van der Waals surface area contributed by atoms with Crippen LogP contribution in [0.1, 0.15) is 16.7 Å². The third-order valence-corrected chi connectivity index (χ3v) is 5.21. The standard InChI is InChI=1S/C23H17F3N4O3/c24-22(25,26)14-29-19-9-5-4-8-18(19)20(15-6-2-1-3-7-15)28-23(27,21(29)31)16-10-12-17(13-11-16)30(32)33/h1-13H,14,27H2/t23-/m1/s1. The lowest BCUT2D eigenvalue weighted by Gasteiger charge is -2.31. The van der Waals surface area contributed by atoms with Crippen LogP contribution in [0.4, 0.5) is 24.5 Å². The molecule has 33 heavy (non-hydrogen) atoms. The average molecular weight is 454 g/mol. The van der Waals surface area contributed by atoms with E-state index in [0.29, 0.717) is 16.0 Å². The van der Waals surface area contributed by atoms with Crippen molar-refractivity contribution in [3.8, 4) is 0 Å². The molecule has 0 aliphatic carbocycles. The minimum Gasteiger partial charge on any atom is -0.299 e. The third kappa shape index (κ3) is 4.20. The van der Waals surface area contributed by atoms with E-state index in [1.165, 1.54) is 24.3 Å². The van der Waals surface area contributed by atoms with E-state index in [1.54, 1.807) is 42.5 Å². The highest BCUT2D eigenvalue weighted by molar-refractivity contribution is 6.20. The summed E-state index contributed by atoms with van der Waals surface area (Å²) in [7, 11) is 0. The summed E-state index contributed by atoms with van der Waals surface area (Å²) in [5, 5.41) is 11.0. The van der Waals surface area contributed by atoms with Gasteiger partial charge < -0.3 is 0 Å². The highest BCUT2D eigenvalue weighted by Crippen LogP contribution is 2.36. The van der Waals surface area contributed by atoms with Crippen LogP contribution in [0, 0.1) is 10.1 Å². The number of anilines is 1. The van der Waals surface area contributed by atoms with Crippen LogP contribution in [0.2, 0.25) is 0 Å². The van der Waals surface area contributed by atoms with Crippen LogP contribution in [0.15, 0.2) is 83.9 Å². The van der Waals surface area contributed by atoms with Crippen LogP contribution in [0.3, 0.4) is 0 Å². The summed E-state index contributed by atoms with van der Waals surface area (Å²) in [6, 6.07) is 19.4. The number of para-hydroxylation sites is 1. The average Bonchev–Trinajstić information content (AvgIpc) is 2.88. The highest BCUT2D eigenvalue weighted by Gasteiger charge is 2.46. The van der Waals surface area contributed by atoms with Crippen molar-refractivity contribution in [1.82, 2.24) is 0 Å². The van der Waals surface area contributed by atoms with E-state index in [4.69, 9.17) is 5.73 Å². The Morgan fingerprint density at radius 3 is 2.18 bits per heavy atom. The van der Waals surface area contributed by atoms with Gasteiger partial charge in [-0.2, -0.15) is 13.2 Å². The maximum Gasteiger partial charge on any atom is 0.406 e. The van der Waals surface area contributed by atoms with Gasteiger partial charge in [-0.05, 0) is 18.2 Å². The van der Waals surface area contributed by atoms with Crippen LogP contribution in [0.5, 0.6) is 0 Å². The fourth-order valence-electron chi connectivity index (χ4n) is 3.69. The number of nitro groups is 1. The molecule has 0 aromatic heterocycles. The second-order valence-corrected chi connectivity index (χ2v) is 7.42. The van der Waals surface area contributed by atoms with Crippen molar-refractivity contribution in [2.45, 2.75) is 11.8 Å². The number of hydrogen-bond donors (Lipinski definition) is 1. The molecule has 2 N–H and O–H groups in total. The first-order valence-corrected chi connectivity index (χ1v) is 9.77. The van der Waals surface area contributed by atoms with E-state index in [0.717, 1.165) is 12.1 Å². The quantitative estimate of drug-likeness (QED) is 0.473. The predicted molar refractivity (Wildman–Crippen MR) is 116 cm³/mol. The Kier molecular flexibility index (Phi) is 5.46. The Morgan fingerprint density at radius 1 is 0.970 bits per heavy atom. The Labute approximate surface area is 186 Å². The van der Waals surface area contributed by atoms with E-state index in [1.807, 2.05) is 0 Å². The van der Waals surface area contributed by atoms with Crippen molar-refractivity contribution in [1.29, 1.82) is 0 Å². The fourth-order valence-corrected chi connectivity index (χ4v) is 3.69. The minimum absolute atomic E-state index is 0.0108. The summed E-state index contributed by atoms with van der Waals surface area (Å²) in [4.78, 5) is 29.0. The maximum absolute atomic E-state index is 13.6. The van der Waals surface area contributed by atoms with E-state index in [2.05, 4.69) is 4.99 Å². The molecule has 10 heteroatoms. The van der Waals surface area contributed by atoms with Gasteiger partial charge in [-0.15, -0.1) is 0 Å². The van der Waals surface area contributed by atoms with Gasteiger partial charge in [0, 0.05) is 28.8 Å². The number of amides is 1. The lowest BCUT2D eigenvalue weighted by atomic mass is 9.98. The summed E-state index contributed by atoms with van der Waals surface area (Å²) in [6.07, 6.45) is -4.71. The summed E-state index contributed by atoms with van der Waals surface area (Å²) in [5.74, 6) is -1.10. The predicted octanol–water partition coefficient (Wildman–Crippen LogP) is 4.15. The molecule has 0 fully saturated rings. The molecule has 4 rings (SSSR count). The van der Waals surface area contributed by atoms with Crippen molar-refractivity contribution in [3.05, 3.63) is 106 Å². The molecular formula is C23H17F3N4O3. The van der Waals surface area contributed by atoms with Crippen molar-refractivity contribution in [2.24, 2.45) is 10.7 Å². The number of benzodiazepines with no additional fused rings is 1. The van der Waals surface area contributed by atoms with E-state index < -0.39 is 29.2 Å². The SMILES string of the molecule is N[C@]1(c2ccc([N+](=O)[O-])cc2)N=C(c2ccccc2)c2ccccc2N(CC(F)(F)F)C1=O. The Balaban J connectivity index is 1.99. The topological polar surface area (TPSA) is 102 Å². The van der Waals surface area contributed by atoms with E-state index in [-0.39, 0.29) is 22.6 Å². The number of halogens is 3. The Bertz CT molecular complexity index is 1240. The monoisotopic (exact) mass is 454 g/mol. The summed E-state index contributed by atoms with van der Waals surface area (Å²) in [5.41, 5.74) is 5.04. The summed E-state index contributed by atoms with van der Waals surface area (Å²) in [6.45, 7) is -1.58. The molecule has 1 atom stereocenters. The molecule has 0 bridgehead atoms. The summed E-state index contributed by atoms with van der Waals surface area (Å²) >= 11 is 0. The van der Waals surface area contributed by atoms with Crippen molar-refractivity contribution >= 4 is 23.0 Å². The van der Waals surface area contributed by atoms with Gasteiger partial charge in [-0.25, -0.2) is 4.99 Å². The molecule has 3 aromatic carbocycles. The molecular weight excluding hydrogens is 437 g/mol. The number of nitrogens with two attached hydrogens (primary N) is 1. The zero-order valence-electron chi connectivity index (χ0n) is 17.0. The third-order valence-electron chi connectivity index (χ3n) is 5.21. The molecule has 0 saturated carbocycles. The van der Waals surface area contributed by atoms with Gasteiger partial charge in [0.2, 0.25) is 5.66 Å². The molecule has 1 amide bonds. The maximum atomic E-state index is 13.6. The summed E-state index contributed by atoms with van der Waals surface area (Å²) < 4.78 is 40.5.